The van der Waals surface area contributed by atoms with Crippen LogP contribution in [0.4, 0.5) is 0 Å². The Labute approximate surface area is 153 Å². The molecule has 0 aromatic heterocycles. The molecule has 4 rings (SSSR count). The quantitative estimate of drug-likeness (QED) is 0.806. The average molecular weight is 361 g/mol. The van der Waals surface area contributed by atoms with Crippen molar-refractivity contribution in [2.24, 2.45) is 11.8 Å². The second-order valence-corrected chi connectivity index (χ2v) is 7.90. The van der Waals surface area contributed by atoms with E-state index in [0.717, 1.165) is 31.5 Å². The summed E-state index contributed by atoms with van der Waals surface area (Å²) in [6, 6.07) is 5.25. The maximum Gasteiger partial charge on any atom is 0.305 e. The SMILES string of the molecule is COC(=O)CC[C@]1(C)Oc2cc(O)ccc2[C@@H]2O[C@@H]3CCNC[C@@H]3C[C@H]21. The second-order valence-electron chi connectivity index (χ2n) is 7.90. The lowest BCUT2D eigenvalue weighted by molar-refractivity contribution is -0.185. The fraction of sp³-hybridized carbons (Fsp3) is 0.650. The largest absolute Gasteiger partial charge is 0.508 e. The number of piperidine rings is 1. The molecule has 6 heteroatoms. The number of aromatic hydroxyl groups is 1. The Morgan fingerprint density at radius 3 is 3.12 bits per heavy atom. The number of phenols is 1. The molecule has 0 spiro atoms. The zero-order valence-corrected chi connectivity index (χ0v) is 15.4. The van der Waals surface area contributed by atoms with Crippen LogP contribution in [-0.2, 0) is 14.3 Å². The normalized spacial score (nSPS) is 35.5. The van der Waals surface area contributed by atoms with Crippen LogP contribution < -0.4 is 10.1 Å². The summed E-state index contributed by atoms with van der Waals surface area (Å²) in [5.74, 6) is 1.22. The van der Waals surface area contributed by atoms with E-state index in [-0.39, 0.29) is 29.8 Å². The molecule has 2 fully saturated rings. The maximum atomic E-state index is 11.7. The Morgan fingerprint density at radius 2 is 2.31 bits per heavy atom. The summed E-state index contributed by atoms with van der Waals surface area (Å²) < 4.78 is 17.8. The predicted octanol–water partition coefficient (Wildman–Crippen LogP) is 2.55. The van der Waals surface area contributed by atoms with Gasteiger partial charge in [-0.15, -0.1) is 0 Å². The molecule has 3 aliphatic heterocycles. The number of benzene rings is 1. The highest BCUT2D eigenvalue weighted by Crippen LogP contribution is 2.54. The van der Waals surface area contributed by atoms with Crippen molar-refractivity contribution in [3.8, 4) is 11.5 Å². The number of nitrogens with one attached hydrogen (secondary N) is 1. The molecule has 26 heavy (non-hydrogen) atoms. The molecule has 0 amide bonds. The Bertz CT molecular complexity index is 693. The molecule has 0 aliphatic carbocycles. The van der Waals surface area contributed by atoms with Crippen molar-refractivity contribution >= 4 is 5.97 Å². The van der Waals surface area contributed by atoms with Crippen LogP contribution in [0.5, 0.6) is 11.5 Å². The Balaban J connectivity index is 1.67. The van der Waals surface area contributed by atoms with E-state index in [4.69, 9.17) is 14.2 Å². The number of fused-ring (bicyclic) bond motifs is 4. The number of phenolic OH excluding ortho intramolecular Hbond substituents is 1. The predicted molar refractivity (Wildman–Crippen MR) is 95.1 cm³/mol. The number of hydrogen-bond acceptors (Lipinski definition) is 6. The molecular formula is C20H27NO5. The van der Waals surface area contributed by atoms with Gasteiger partial charge in [0.1, 0.15) is 17.1 Å². The van der Waals surface area contributed by atoms with E-state index in [1.165, 1.54) is 7.11 Å². The fourth-order valence-electron chi connectivity index (χ4n) is 4.77. The summed E-state index contributed by atoms with van der Waals surface area (Å²) in [6.07, 6.45) is 3.06. The van der Waals surface area contributed by atoms with Crippen molar-refractivity contribution in [3.63, 3.8) is 0 Å². The molecular weight excluding hydrogens is 334 g/mol. The summed E-state index contributed by atoms with van der Waals surface area (Å²) in [5.41, 5.74) is 0.461. The summed E-state index contributed by atoms with van der Waals surface area (Å²) in [5, 5.41) is 13.4. The number of hydrogen-bond donors (Lipinski definition) is 2. The summed E-state index contributed by atoms with van der Waals surface area (Å²) in [4.78, 5) is 11.7. The van der Waals surface area contributed by atoms with Crippen molar-refractivity contribution in [2.45, 2.75) is 50.4 Å². The van der Waals surface area contributed by atoms with E-state index < -0.39 is 5.60 Å². The lowest BCUT2D eigenvalue weighted by atomic mass is 9.69. The number of rotatable bonds is 3. The minimum atomic E-state index is -0.540. The molecule has 1 aromatic rings. The first kappa shape index (κ1) is 17.6. The molecule has 0 bridgehead atoms. The van der Waals surface area contributed by atoms with Crippen molar-refractivity contribution in [2.75, 3.05) is 20.2 Å². The van der Waals surface area contributed by atoms with Crippen LogP contribution in [0.15, 0.2) is 18.2 Å². The monoisotopic (exact) mass is 361 g/mol. The van der Waals surface area contributed by atoms with Crippen LogP contribution in [-0.4, -0.2) is 43.0 Å². The average Bonchev–Trinajstić information content (AvgIpc) is 2.65. The molecule has 2 N–H and O–H groups in total. The number of methoxy groups -OCH3 is 1. The van der Waals surface area contributed by atoms with Gasteiger partial charge in [-0.25, -0.2) is 0 Å². The minimum absolute atomic E-state index is 0.0682. The highest BCUT2D eigenvalue weighted by molar-refractivity contribution is 5.69. The fourth-order valence-corrected chi connectivity index (χ4v) is 4.77. The van der Waals surface area contributed by atoms with Crippen LogP contribution in [0.3, 0.4) is 0 Å². The molecule has 5 atom stereocenters. The van der Waals surface area contributed by atoms with Crippen LogP contribution in [0.1, 0.15) is 44.3 Å². The Morgan fingerprint density at radius 1 is 1.46 bits per heavy atom. The highest BCUT2D eigenvalue weighted by atomic mass is 16.5. The van der Waals surface area contributed by atoms with Gasteiger partial charge in [0.25, 0.3) is 0 Å². The number of esters is 1. The van der Waals surface area contributed by atoms with E-state index in [1.54, 1.807) is 12.1 Å². The standard InChI is InChI=1S/C20H27NO5/c1-20(7-5-18(23)24-2)15-9-12-11-21-8-6-16(12)25-19(15)14-4-3-13(22)10-17(14)26-20/h3-4,10,12,15-16,19,21-22H,5-9,11H2,1-2H3/t12-,15+,16+,19-,20-/m0/s1. The van der Waals surface area contributed by atoms with Gasteiger partial charge in [-0.2, -0.15) is 0 Å². The topological polar surface area (TPSA) is 77.0 Å². The van der Waals surface area contributed by atoms with Gasteiger partial charge >= 0.3 is 5.97 Å². The second kappa shape index (κ2) is 6.74. The van der Waals surface area contributed by atoms with Crippen LogP contribution in [0.2, 0.25) is 0 Å². The summed E-state index contributed by atoms with van der Waals surface area (Å²) in [6.45, 7) is 4.00. The van der Waals surface area contributed by atoms with Crippen molar-refractivity contribution < 1.29 is 24.1 Å². The van der Waals surface area contributed by atoms with E-state index in [2.05, 4.69) is 12.2 Å². The van der Waals surface area contributed by atoms with Crippen molar-refractivity contribution in [1.29, 1.82) is 0 Å². The van der Waals surface area contributed by atoms with E-state index >= 15 is 0 Å². The number of carbonyl (C=O) groups excluding carboxylic acids is 1. The van der Waals surface area contributed by atoms with Crippen molar-refractivity contribution in [3.05, 3.63) is 23.8 Å². The lowest BCUT2D eigenvalue weighted by Crippen LogP contribution is -2.55. The van der Waals surface area contributed by atoms with E-state index in [1.807, 2.05) is 6.07 Å². The molecule has 2 saturated heterocycles. The number of ether oxygens (including phenoxy) is 3. The van der Waals surface area contributed by atoms with Gasteiger partial charge in [0.05, 0.1) is 19.3 Å². The highest BCUT2D eigenvalue weighted by Gasteiger charge is 2.52. The third-order valence-electron chi connectivity index (χ3n) is 6.27. The van der Waals surface area contributed by atoms with Crippen LogP contribution >= 0.6 is 0 Å². The van der Waals surface area contributed by atoms with E-state index in [9.17, 15) is 9.90 Å². The molecule has 1 aromatic carbocycles. The molecule has 142 valence electrons. The zero-order chi connectivity index (χ0) is 18.3. The molecule has 6 nitrogen and oxygen atoms in total. The lowest BCUT2D eigenvalue weighted by Gasteiger charge is -2.53. The minimum Gasteiger partial charge on any atom is -0.508 e. The Kier molecular flexibility index (Phi) is 4.57. The van der Waals surface area contributed by atoms with Gasteiger partial charge in [0.2, 0.25) is 0 Å². The molecule has 0 saturated carbocycles. The zero-order valence-electron chi connectivity index (χ0n) is 15.4. The van der Waals surface area contributed by atoms with Gasteiger partial charge in [0.15, 0.2) is 0 Å². The molecule has 3 aliphatic rings. The first-order chi connectivity index (χ1) is 12.5. The first-order valence-corrected chi connectivity index (χ1v) is 9.45. The van der Waals surface area contributed by atoms with E-state index in [0.29, 0.717) is 24.5 Å². The number of carbonyl (C=O) groups is 1. The van der Waals surface area contributed by atoms with Gasteiger partial charge < -0.3 is 24.6 Å². The van der Waals surface area contributed by atoms with Gasteiger partial charge in [-0.05, 0) is 50.8 Å². The van der Waals surface area contributed by atoms with Crippen molar-refractivity contribution in [1.82, 2.24) is 5.32 Å². The third kappa shape index (κ3) is 3.05. The smallest absolute Gasteiger partial charge is 0.305 e. The van der Waals surface area contributed by atoms with Gasteiger partial charge in [0, 0.05) is 30.5 Å². The Hall–Kier alpha value is -1.79. The van der Waals surface area contributed by atoms with Gasteiger partial charge in [-0.3, -0.25) is 4.79 Å². The third-order valence-corrected chi connectivity index (χ3v) is 6.27. The summed E-state index contributed by atoms with van der Waals surface area (Å²) in [7, 11) is 1.41. The van der Waals surface area contributed by atoms with Gasteiger partial charge in [-0.1, -0.05) is 0 Å². The molecule has 3 heterocycles. The summed E-state index contributed by atoms with van der Waals surface area (Å²) >= 11 is 0. The molecule has 0 unspecified atom stereocenters. The molecule has 0 radical (unpaired) electrons. The first-order valence-electron chi connectivity index (χ1n) is 9.45. The maximum absolute atomic E-state index is 11.7. The van der Waals surface area contributed by atoms with Crippen LogP contribution in [0, 0.1) is 11.8 Å². The van der Waals surface area contributed by atoms with Crippen LogP contribution in [0.25, 0.3) is 0 Å².